The molecule has 3 rings (SSSR count). The van der Waals surface area contributed by atoms with E-state index in [1.165, 1.54) is 0 Å². The molecule has 41 heavy (non-hydrogen) atoms. The molecule has 218 valence electrons. The molecule has 0 aliphatic rings. The van der Waals surface area contributed by atoms with E-state index in [9.17, 15) is 9.59 Å². The molecule has 0 unspecified atom stereocenters. The van der Waals surface area contributed by atoms with Crippen molar-refractivity contribution in [2.75, 3.05) is 59.5 Å². The van der Waals surface area contributed by atoms with Crippen LogP contribution in [-0.4, -0.2) is 71.4 Å². The number of ether oxygens (including phenoxy) is 7. The fraction of sp³-hybridized carbons (Fsp3) is 0.312. The van der Waals surface area contributed by atoms with Gasteiger partial charge in [0, 0.05) is 35.4 Å². The third-order valence-electron chi connectivity index (χ3n) is 5.65. The van der Waals surface area contributed by atoms with Crippen LogP contribution in [0, 0.1) is 0 Å². The molecular formula is C32H36O9. The van der Waals surface area contributed by atoms with E-state index in [1.807, 2.05) is 48.5 Å². The number of fused-ring (bicyclic) bond motifs is 1. The lowest BCUT2D eigenvalue weighted by atomic mass is 10.1. The maximum atomic E-state index is 11.1. The van der Waals surface area contributed by atoms with Crippen molar-refractivity contribution < 1.29 is 42.7 Å². The maximum Gasteiger partial charge on any atom is 0.330 e. The van der Waals surface area contributed by atoms with Gasteiger partial charge in [0.15, 0.2) is 11.5 Å². The quantitative estimate of drug-likeness (QED) is 0.110. The molecule has 3 aromatic carbocycles. The standard InChI is InChI=1S/C32H36O9/c1-3-30(33)39-21-17-35-16-20-38-28-24-29(37-15-14-25-10-6-5-7-11-25)32(27-13-9-8-12-26(27)28)41-23-19-36-18-22-40-31(34)4-2/h3-13,24H,1-2,14-23H2. The van der Waals surface area contributed by atoms with Crippen LogP contribution in [0.1, 0.15) is 5.56 Å². The predicted octanol–water partition coefficient (Wildman–Crippen LogP) is 4.71. The van der Waals surface area contributed by atoms with Crippen LogP contribution in [0.4, 0.5) is 0 Å². The van der Waals surface area contributed by atoms with Gasteiger partial charge in [-0.05, 0) is 5.56 Å². The Morgan fingerprint density at radius 1 is 0.585 bits per heavy atom. The van der Waals surface area contributed by atoms with Gasteiger partial charge in [0.05, 0.1) is 33.0 Å². The molecule has 3 aromatic rings. The molecule has 0 atom stereocenters. The summed E-state index contributed by atoms with van der Waals surface area (Å²) >= 11 is 0. The van der Waals surface area contributed by atoms with E-state index in [0.29, 0.717) is 37.1 Å². The van der Waals surface area contributed by atoms with E-state index in [0.717, 1.165) is 34.9 Å². The van der Waals surface area contributed by atoms with E-state index < -0.39 is 11.9 Å². The van der Waals surface area contributed by atoms with Gasteiger partial charge in [-0.15, -0.1) is 0 Å². The monoisotopic (exact) mass is 564 g/mol. The molecule has 9 heteroatoms. The fourth-order valence-electron chi connectivity index (χ4n) is 3.73. The van der Waals surface area contributed by atoms with Crippen LogP contribution in [0.15, 0.2) is 86.0 Å². The molecule has 0 spiro atoms. The van der Waals surface area contributed by atoms with Gasteiger partial charge in [-0.3, -0.25) is 0 Å². The lowest BCUT2D eigenvalue weighted by Gasteiger charge is -2.18. The van der Waals surface area contributed by atoms with E-state index in [1.54, 1.807) is 0 Å². The number of carbonyl (C=O) groups excluding carboxylic acids is 2. The Balaban J connectivity index is 1.65. The zero-order chi connectivity index (χ0) is 29.1. The minimum atomic E-state index is -0.489. The van der Waals surface area contributed by atoms with Gasteiger partial charge in [-0.2, -0.15) is 0 Å². The summed E-state index contributed by atoms with van der Waals surface area (Å²) in [6.07, 6.45) is 2.94. The highest BCUT2D eigenvalue weighted by Gasteiger charge is 2.16. The highest BCUT2D eigenvalue weighted by Crippen LogP contribution is 2.41. The van der Waals surface area contributed by atoms with Crippen LogP contribution >= 0.6 is 0 Å². The average molecular weight is 565 g/mol. The molecule has 0 fully saturated rings. The maximum absolute atomic E-state index is 11.1. The Bertz CT molecular complexity index is 1260. The predicted molar refractivity (Wildman–Crippen MR) is 155 cm³/mol. The van der Waals surface area contributed by atoms with E-state index in [2.05, 4.69) is 25.3 Å². The van der Waals surface area contributed by atoms with Crippen LogP contribution < -0.4 is 14.2 Å². The summed E-state index contributed by atoms with van der Waals surface area (Å²) in [6, 6.07) is 19.6. The summed E-state index contributed by atoms with van der Waals surface area (Å²) in [4.78, 5) is 22.3. The Hall–Kier alpha value is -4.34. The summed E-state index contributed by atoms with van der Waals surface area (Å²) < 4.78 is 39.3. The van der Waals surface area contributed by atoms with Crippen LogP contribution in [0.5, 0.6) is 17.2 Å². The normalized spacial score (nSPS) is 10.5. The second-order valence-corrected chi connectivity index (χ2v) is 8.50. The summed E-state index contributed by atoms with van der Waals surface area (Å²) in [6.45, 7) is 9.08. The SMILES string of the molecule is C=CC(=O)OCCOCCOc1cc(OCCc2ccccc2)c(OCCOCCOC(=O)C=C)c2ccccc12. The molecule has 0 saturated heterocycles. The number of benzene rings is 3. The molecule has 0 radical (unpaired) electrons. The number of carbonyl (C=O) groups is 2. The van der Waals surface area contributed by atoms with Crippen LogP contribution in [-0.2, 0) is 35.0 Å². The van der Waals surface area contributed by atoms with Crippen molar-refractivity contribution in [2.45, 2.75) is 6.42 Å². The molecule has 0 aliphatic carbocycles. The van der Waals surface area contributed by atoms with Crippen molar-refractivity contribution in [3.8, 4) is 17.2 Å². The van der Waals surface area contributed by atoms with Gasteiger partial charge in [0.25, 0.3) is 0 Å². The van der Waals surface area contributed by atoms with E-state index in [4.69, 9.17) is 33.2 Å². The number of rotatable bonds is 20. The zero-order valence-electron chi connectivity index (χ0n) is 23.1. The molecule has 0 N–H and O–H groups in total. The smallest absolute Gasteiger partial charge is 0.330 e. The number of esters is 2. The van der Waals surface area contributed by atoms with Gasteiger partial charge in [0.2, 0.25) is 0 Å². The van der Waals surface area contributed by atoms with Gasteiger partial charge < -0.3 is 33.2 Å². The molecule has 9 nitrogen and oxygen atoms in total. The number of hydrogen-bond donors (Lipinski definition) is 0. The number of hydrogen-bond acceptors (Lipinski definition) is 9. The topological polar surface area (TPSA) is 98.8 Å². The van der Waals surface area contributed by atoms with Crippen LogP contribution in [0.3, 0.4) is 0 Å². The molecule has 0 aromatic heterocycles. The van der Waals surface area contributed by atoms with Crippen LogP contribution in [0.25, 0.3) is 10.8 Å². The molecule has 0 bridgehead atoms. The first-order valence-corrected chi connectivity index (χ1v) is 13.3. The molecule has 0 amide bonds. The molecular weight excluding hydrogens is 528 g/mol. The Labute approximate surface area is 240 Å². The second kappa shape index (κ2) is 18.1. The minimum absolute atomic E-state index is 0.136. The highest BCUT2D eigenvalue weighted by atomic mass is 16.6. The van der Waals surface area contributed by atoms with Crippen molar-refractivity contribution in [1.82, 2.24) is 0 Å². The minimum Gasteiger partial charge on any atom is -0.490 e. The van der Waals surface area contributed by atoms with Crippen molar-refractivity contribution in [2.24, 2.45) is 0 Å². The van der Waals surface area contributed by atoms with Gasteiger partial charge in [-0.1, -0.05) is 67.8 Å². The Kier molecular flexibility index (Phi) is 13.8. The largest absolute Gasteiger partial charge is 0.490 e. The van der Waals surface area contributed by atoms with E-state index in [-0.39, 0.29) is 39.6 Å². The fourth-order valence-corrected chi connectivity index (χ4v) is 3.73. The molecule has 0 aliphatic heterocycles. The second-order valence-electron chi connectivity index (χ2n) is 8.50. The lowest BCUT2D eigenvalue weighted by Crippen LogP contribution is -2.14. The molecule has 0 heterocycles. The average Bonchev–Trinajstić information content (AvgIpc) is 3.01. The van der Waals surface area contributed by atoms with E-state index >= 15 is 0 Å². The van der Waals surface area contributed by atoms with Gasteiger partial charge in [-0.25, -0.2) is 9.59 Å². The summed E-state index contributed by atoms with van der Waals surface area (Å²) in [5.41, 5.74) is 1.16. The van der Waals surface area contributed by atoms with Gasteiger partial charge >= 0.3 is 11.9 Å². The Morgan fingerprint density at radius 3 is 1.76 bits per heavy atom. The van der Waals surface area contributed by atoms with Crippen molar-refractivity contribution >= 4 is 22.7 Å². The van der Waals surface area contributed by atoms with Crippen molar-refractivity contribution in [3.05, 3.63) is 91.5 Å². The third kappa shape index (κ3) is 11.0. The van der Waals surface area contributed by atoms with Crippen LogP contribution in [0.2, 0.25) is 0 Å². The Morgan fingerprint density at radius 2 is 1.12 bits per heavy atom. The summed E-state index contributed by atoms with van der Waals surface area (Å²) in [5.74, 6) is 0.787. The van der Waals surface area contributed by atoms with Crippen molar-refractivity contribution in [3.63, 3.8) is 0 Å². The third-order valence-corrected chi connectivity index (χ3v) is 5.65. The van der Waals surface area contributed by atoms with Gasteiger partial charge in [0.1, 0.15) is 32.2 Å². The highest BCUT2D eigenvalue weighted by molar-refractivity contribution is 5.95. The summed E-state index contributed by atoms with van der Waals surface area (Å²) in [5, 5.41) is 1.69. The first-order chi connectivity index (χ1) is 20.1. The lowest BCUT2D eigenvalue weighted by molar-refractivity contribution is -0.140. The van der Waals surface area contributed by atoms with Crippen molar-refractivity contribution in [1.29, 1.82) is 0 Å². The summed E-state index contributed by atoms with van der Waals surface area (Å²) in [7, 11) is 0. The first-order valence-electron chi connectivity index (χ1n) is 13.3. The zero-order valence-corrected chi connectivity index (χ0v) is 23.1. The molecule has 0 saturated carbocycles. The first kappa shape index (κ1) is 31.2.